The molecule has 0 unspecified atom stereocenters. The van der Waals surface area contributed by atoms with Gasteiger partial charge in [-0.3, -0.25) is 0 Å². The fraction of sp³-hybridized carbons (Fsp3) is 0. The van der Waals surface area contributed by atoms with Crippen LogP contribution in [0.3, 0.4) is 0 Å². The van der Waals surface area contributed by atoms with E-state index in [1.54, 1.807) is 0 Å². The van der Waals surface area contributed by atoms with Crippen LogP contribution in [0.4, 0.5) is 0 Å². The maximum Gasteiger partial charge on any atom is 2.00 e. The molecule has 0 aliphatic heterocycles. The minimum absolute atomic E-state index is 0. The van der Waals surface area contributed by atoms with Crippen molar-refractivity contribution in [3.63, 3.8) is 0 Å². The van der Waals surface area contributed by atoms with E-state index in [0.717, 1.165) is 11.0 Å². The van der Waals surface area contributed by atoms with E-state index in [0.29, 0.717) is 0 Å². The van der Waals surface area contributed by atoms with Gasteiger partial charge in [0.25, 0.3) is 0 Å². The molecule has 0 spiro atoms. The largest absolute Gasteiger partial charge is 2.00 e. The van der Waals surface area contributed by atoms with E-state index in [9.17, 15) is 0 Å². The molecule has 0 radical (unpaired) electrons. The molecule has 4 aromatic rings. The minimum atomic E-state index is 0. The predicted octanol–water partition coefficient (Wildman–Crippen LogP) is 3.93. The van der Waals surface area contributed by atoms with Gasteiger partial charge in [-0.25, -0.2) is 0 Å². The Balaban J connectivity index is 0.000000133. The second kappa shape index (κ2) is 6.54. The average molecular weight is 324 g/mol. The van der Waals surface area contributed by atoms with Crippen molar-refractivity contribution in [1.82, 2.24) is 9.97 Å². The molecule has 2 heterocycles. The van der Waals surface area contributed by atoms with E-state index in [2.05, 4.69) is 34.5 Å². The van der Waals surface area contributed by atoms with Gasteiger partial charge in [0, 0.05) is 0 Å². The summed E-state index contributed by atoms with van der Waals surface area (Å²) in [6.45, 7) is 0. The van der Waals surface area contributed by atoms with E-state index in [-0.39, 0.29) is 26.2 Å². The third kappa shape index (κ3) is 3.24. The summed E-state index contributed by atoms with van der Waals surface area (Å²) in [7, 11) is 0. The van der Waals surface area contributed by atoms with Crippen LogP contribution >= 0.6 is 0 Å². The maximum absolute atomic E-state index is 2.99. The van der Waals surface area contributed by atoms with Crippen molar-refractivity contribution in [1.29, 1.82) is 0 Å². The zero-order chi connectivity index (χ0) is 12.2. The van der Waals surface area contributed by atoms with Crippen LogP contribution in [0.2, 0.25) is 0 Å². The molecule has 2 N–H and O–H groups in total. The van der Waals surface area contributed by atoms with E-state index in [1.807, 2.05) is 48.5 Å². The van der Waals surface area contributed by atoms with Gasteiger partial charge in [-0.2, -0.15) is 22.9 Å². The van der Waals surface area contributed by atoms with Crippen molar-refractivity contribution in [2.45, 2.75) is 0 Å². The summed E-state index contributed by atoms with van der Waals surface area (Å²) < 4.78 is 0. The molecule has 0 amide bonds. The molecule has 0 saturated carbocycles. The molecule has 2 aromatic carbocycles. The molecule has 0 fully saturated rings. The Bertz CT molecular complexity index is 629. The second-order valence-corrected chi connectivity index (χ2v) is 4.00. The van der Waals surface area contributed by atoms with E-state index in [1.165, 1.54) is 10.8 Å². The molecule has 0 bridgehead atoms. The average Bonchev–Trinajstić information content (AvgIpc) is 3.08. The van der Waals surface area contributed by atoms with Crippen LogP contribution in [0, 0.1) is 12.4 Å². The zero-order valence-electron chi connectivity index (χ0n) is 10.3. The van der Waals surface area contributed by atoms with Gasteiger partial charge in [0.1, 0.15) is 0 Å². The number of para-hydroxylation sites is 2. The molecule has 2 aromatic heterocycles. The number of H-pyrrole nitrogens is 2. The van der Waals surface area contributed by atoms with E-state index in [4.69, 9.17) is 0 Å². The van der Waals surface area contributed by atoms with E-state index >= 15 is 0 Å². The first kappa shape index (κ1) is 13.8. The van der Waals surface area contributed by atoms with Crippen LogP contribution in [0.25, 0.3) is 21.8 Å². The first-order valence-electron chi connectivity index (χ1n) is 5.81. The van der Waals surface area contributed by atoms with Crippen molar-refractivity contribution in [3.05, 3.63) is 73.1 Å². The fourth-order valence-corrected chi connectivity index (χ4v) is 1.86. The Morgan fingerprint density at radius 1 is 0.632 bits per heavy atom. The number of hydrogen-bond donors (Lipinski definition) is 2. The van der Waals surface area contributed by atoms with Crippen LogP contribution in [-0.4, -0.2) is 9.97 Å². The molecular formula is C16H12N2Zr. The first-order chi connectivity index (χ1) is 8.93. The summed E-state index contributed by atoms with van der Waals surface area (Å²) in [6.07, 6.45) is 5.83. The number of nitrogens with one attached hydrogen (secondary N) is 2. The van der Waals surface area contributed by atoms with Gasteiger partial charge in [0.2, 0.25) is 0 Å². The van der Waals surface area contributed by atoms with Crippen LogP contribution in [0.5, 0.6) is 0 Å². The molecule has 0 aliphatic rings. The van der Waals surface area contributed by atoms with Crippen LogP contribution in [0.1, 0.15) is 0 Å². The summed E-state index contributed by atoms with van der Waals surface area (Å²) in [5.74, 6) is 0. The standard InChI is InChI=1S/2C8H6N.Zr/c2*1-2-4-8-7(3-1)5-6-9-8;/h2*1-5,9H;/q2*-1;+2. The van der Waals surface area contributed by atoms with E-state index < -0.39 is 0 Å². The molecular weight excluding hydrogens is 311 g/mol. The SMILES string of the molecule is [Zr+2].[c-]1cc2ccccc2[nH]1.[c-]1cc2ccccc2[nH]1. The topological polar surface area (TPSA) is 31.6 Å². The van der Waals surface area contributed by atoms with Gasteiger partial charge in [-0.15, -0.1) is 47.7 Å². The molecule has 3 heteroatoms. The Hall–Kier alpha value is -1.60. The normalized spacial score (nSPS) is 9.68. The Morgan fingerprint density at radius 3 is 1.47 bits per heavy atom. The van der Waals surface area contributed by atoms with Crippen molar-refractivity contribution < 1.29 is 26.2 Å². The minimum Gasteiger partial charge on any atom is -0.477 e. The third-order valence-electron chi connectivity index (χ3n) is 2.79. The molecule has 19 heavy (non-hydrogen) atoms. The van der Waals surface area contributed by atoms with Crippen LogP contribution in [-0.2, 0) is 26.2 Å². The van der Waals surface area contributed by atoms with Gasteiger partial charge < -0.3 is 9.97 Å². The predicted molar refractivity (Wildman–Crippen MR) is 74.3 cm³/mol. The monoisotopic (exact) mass is 322 g/mol. The van der Waals surface area contributed by atoms with Crippen molar-refractivity contribution in [3.8, 4) is 0 Å². The summed E-state index contributed by atoms with van der Waals surface area (Å²) >= 11 is 0. The van der Waals surface area contributed by atoms with Gasteiger partial charge in [-0.1, -0.05) is 24.3 Å². The van der Waals surface area contributed by atoms with Crippen molar-refractivity contribution >= 4 is 21.8 Å². The Labute approximate surface area is 131 Å². The zero-order valence-corrected chi connectivity index (χ0v) is 12.7. The smallest absolute Gasteiger partial charge is 0.477 e. The van der Waals surface area contributed by atoms with Crippen LogP contribution < -0.4 is 0 Å². The number of fused-ring (bicyclic) bond motifs is 2. The Morgan fingerprint density at radius 2 is 1.05 bits per heavy atom. The molecule has 0 aliphatic carbocycles. The Kier molecular flexibility index (Phi) is 4.76. The molecule has 90 valence electrons. The molecule has 0 saturated heterocycles. The van der Waals surface area contributed by atoms with Gasteiger partial charge in [0.15, 0.2) is 0 Å². The fourth-order valence-electron chi connectivity index (χ4n) is 1.86. The number of benzene rings is 2. The van der Waals surface area contributed by atoms with Crippen LogP contribution in [0.15, 0.2) is 60.7 Å². The van der Waals surface area contributed by atoms with Crippen molar-refractivity contribution in [2.24, 2.45) is 0 Å². The molecule has 4 rings (SSSR count). The van der Waals surface area contributed by atoms with Gasteiger partial charge in [-0.05, 0) is 0 Å². The van der Waals surface area contributed by atoms with Gasteiger partial charge >= 0.3 is 26.2 Å². The quantitative estimate of drug-likeness (QED) is 0.460. The number of hydrogen-bond acceptors (Lipinski definition) is 0. The first-order valence-corrected chi connectivity index (χ1v) is 5.81. The second-order valence-electron chi connectivity index (χ2n) is 4.00. The summed E-state index contributed by atoms with van der Waals surface area (Å²) in [6, 6.07) is 20.1. The van der Waals surface area contributed by atoms with Crippen molar-refractivity contribution in [2.75, 3.05) is 0 Å². The third-order valence-corrected chi connectivity index (χ3v) is 2.79. The molecule has 0 atom stereocenters. The number of aromatic amines is 2. The van der Waals surface area contributed by atoms with Gasteiger partial charge in [0.05, 0.1) is 0 Å². The summed E-state index contributed by atoms with van der Waals surface area (Å²) in [5.41, 5.74) is 2.30. The summed E-state index contributed by atoms with van der Waals surface area (Å²) in [5, 5.41) is 2.44. The maximum atomic E-state index is 2.99. The number of rotatable bonds is 0. The number of aromatic nitrogens is 2. The summed E-state index contributed by atoms with van der Waals surface area (Å²) in [4.78, 5) is 5.99. The molecule has 2 nitrogen and oxygen atoms in total.